The van der Waals surface area contributed by atoms with Crippen LogP contribution in [0.4, 0.5) is 0 Å². The molecule has 1 heterocycles. The number of aromatic nitrogens is 2. The molecule has 0 atom stereocenters. The monoisotopic (exact) mass is 141 g/mol. The Morgan fingerprint density at radius 3 is 2.80 bits per heavy atom. The van der Waals surface area contributed by atoms with Gasteiger partial charge in [-0.2, -0.15) is 5.10 Å². The van der Waals surface area contributed by atoms with Gasteiger partial charge in [-0.05, 0) is 13.8 Å². The predicted octanol–water partition coefficient (Wildman–Crippen LogP) is 0.541. The van der Waals surface area contributed by atoms with Crippen LogP contribution in [0.2, 0.25) is 0 Å². The van der Waals surface area contributed by atoms with Gasteiger partial charge in [0.15, 0.2) is 0 Å². The molecule has 10 heavy (non-hydrogen) atoms. The molecule has 0 unspecified atom stereocenters. The predicted molar refractivity (Wildman–Crippen MR) is 38.4 cm³/mol. The maximum atomic E-state index is 9.04. The van der Waals surface area contributed by atoms with E-state index in [4.69, 9.17) is 5.11 Å². The zero-order chi connectivity index (χ0) is 7.56. The van der Waals surface area contributed by atoms with Crippen molar-refractivity contribution in [2.45, 2.75) is 19.9 Å². The smallest absolute Gasteiger partial charge is 0.229 e. The first-order valence-corrected chi connectivity index (χ1v) is 3.19. The highest BCUT2D eigenvalue weighted by Crippen LogP contribution is 2.02. The standard InChI is InChI=1S/C6H11N3O/c1-5(2)8-9-6(10)3-4-7-9/h3-5,8,10H,1-2H3. The van der Waals surface area contributed by atoms with E-state index in [1.54, 1.807) is 0 Å². The molecule has 0 aliphatic heterocycles. The van der Waals surface area contributed by atoms with Gasteiger partial charge in [0.25, 0.3) is 0 Å². The van der Waals surface area contributed by atoms with Crippen LogP contribution in [0.5, 0.6) is 5.88 Å². The van der Waals surface area contributed by atoms with Gasteiger partial charge >= 0.3 is 0 Å². The summed E-state index contributed by atoms with van der Waals surface area (Å²) in [5, 5.41) is 12.8. The third-order valence-electron chi connectivity index (χ3n) is 1.00. The highest BCUT2D eigenvalue weighted by molar-refractivity contribution is 5.06. The molecule has 0 aromatic carbocycles. The van der Waals surface area contributed by atoms with Gasteiger partial charge < -0.3 is 10.5 Å². The maximum absolute atomic E-state index is 9.04. The van der Waals surface area contributed by atoms with Crippen LogP contribution in [0.1, 0.15) is 13.8 Å². The van der Waals surface area contributed by atoms with Crippen molar-refractivity contribution in [2.24, 2.45) is 0 Å². The van der Waals surface area contributed by atoms with E-state index in [2.05, 4.69) is 10.5 Å². The topological polar surface area (TPSA) is 50.1 Å². The molecule has 4 heteroatoms. The zero-order valence-electron chi connectivity index (χ0n) is 6.07. The Morgan fingerprint density at radius 1 is 1.70 bits per heavy atom. The molecule has 1 rings (SSSR count). The molecule has 0 aliphatic rings. The highest BCUT2D eigenvalue weighted by atomic mass is 16.3. The Bertz CT molecular complexity index is 207. The second-order valence-corrected chi connectivity index (χ2v) is 2.39. The summed E-state index contributed by atoms with van der Waals surface area (Å²) in [7, 11) is 0. The molecule has 0 radical (unpaired) electrons. The Labute approximate surface area is 59.4 Å². The Hall–Kier alpha value is -1.19. The minimum Gasteiger partial charge on any atom is -0.492 e. The van der Waals surface area contributed by atoms with E-state index in [0.717, 1.165) is 0 Å². The normalized spacial score (nSPS) is 10.3. The van der Waals surface area contributed by atoms with E-state index >= 15 is 0 Å². The number of rotatable bonds is 2. The van der Waals surface area contributed by atoms with Crippen molar-refractivity contribution in [2.75, 3.05) is 5.43 Å². The van der Waals surface area contributed by atoms with E-state index in [9.17, 15) is 0 Å². The van der Waals surface area contributed by atoms with Crippen molar-refractivity contribution in [3.63, 3.8) is 0 Å². The number of nitrogens with zero attached hydrogens (tertiary/aromatic N) is 2. The molecule has 0 aliphatic carbocycles. The van der Waals surface area contributed by atoms with Crippen LogP contribution in [0.3, 0.4) is 0 Å². The summed E-state index contributed by atoms with van der Waals surface area (Å²) in [6.07, 6.45) is 1.53. The van der Waals surface area contributed by atoms with Crippen molar-refractivity contribution in [3.8, 4) is 5.88 Å². The lowest BCUT2D eigenvalue weighted by atomic mass is 10.4. The summed E-state index contributed by atoms with van der Waals surface area (Å²) in [5.41, 5.74) is 2.91. The lowest BCUT2D eigenvalue weighted by Gasteiger charge is -2.09. The van der Waals surface area contributed by atoms with Crippen molar-refractivity contribution in [3.05, 3.63) is 12.3 Å². The molecule has 0 saturated carbocycles. The molecule has 2 N–H and O–H groups in total. The van der Waals surface area contributed by atoms with E-state index in [1.165, 1.54) is 17.1 Å². The zero-order valence-corrected chi connectivity index (χ0v) is 6.07. The second-order valence-electron chi connectivity index (χ2n) is 2.39. The first-order chi connectivity index (χ1) is 4.70. The van der Waals surface area contributed by atoms with Gasteiger partial charge in [-0.15, -0.1) is 4.79 Å². The summed E-state index contributed by atoms with van der Waals surface area (Å²) >= 11 is 0. The van der Waals surface area contributed by atoms with Crippen molar-refractivity contribution in [1.82, 2.24) is 9.89 Å². The van der Waals surface area contributed by atoms with Crippen LogP contribution in [0, 0.1) is 0 Å². The van der Waals surface area contributed by atoms with Crippen molar-refractivity contribution < 1.29 is 5.11 Å². The first kappa shape index (κ1) is 6.92. The van der Waals surface area contributed by atoms with Gasteiger partial charge in [-0.25, -0.2) is 0 Å². The SMILES string of the molecule is CC(C)Nn1nccc1O. The lowest BCUT2D eigenvalue weighted by molar-refractivity contribution is 0.415. The Kier molecular flexibility index (Phi) is 1.80. The number of aromatic hydroxyl groups is 1. The molecule has 1 aromatic rings. The average molecular weight is 141 g/mol. The number of hydrogen-bond acceptors (Lipinski definition) is 3. The second kappa shape index (κ2) is 2.60. The maximum Gasteiger partial charge on any atom is 0.229 e. The Morgan fingerprint density at radius 2 is 2.40 bits per heavy atom. The van der Waals surface area contributed by atoms with Crippen LogP contribution >= 0.6 is 0 Å². The fourth-order valence-electron chi connectivity index (χ4n) is 0.640. The van der Waals surface area contributed by atoms with E-state index in [1.807, 2.05) is 13.8 Å². The molecule has 0 amide bonds. The fourth-order valence-corrected chi connectivity index (χ4v) is 0.640. The van der Waals surface area contributed by atoms with Crippen molar-refractivity contribution >= 4 is 0 Å². The van der Waals surface area contributed by atoms with Crippen LogP contribution in [-0.4, -0.2) is 21.0 Å². The van der Waals surface area contributed by atoms with Gasteiger partial charge in [-0.1, -0.05) is 0 Å². The minimum absolute atomic E-state index is 0.133. The van der Waals surface area contributed by atoms with E-state index in [-0.39, 0.29) is 11.9 Å². The average Bonchev–Trinajstić information content (AvgIpc) is 2.15. The fraction of sp³-hybridized carbons (Fsp3) is 0.500. The van der Waals surface area contributed by atoms with Crippen LogP contribution in [0.15, 0.2) is 12.3 Å². The van der Waals surface area contributed by atoms with Crippen molar-refractivity contribution in [1.29, 1.82) is 0 Å². The minimum atomic E-state index is 0.133. The third kappa shape index (κ3) is 1.40. The van der Waals surface area contributed by atoms with Crippen LogP contribution in [-0.2, 0) is 0 Å². The van der Waals surface area contributed by atoms with E-state index < -0.39 is 0 Å². The first-order valence-electron chi connectivity index (χ1n) is 3.19. The van der Waals surface area contributed by atoms with Crippen LogP contribution < -0.4 is 5.43 Å². The molecule has 1 aromatic heterocycles. The summed E-state index contributed by atoms with van der Waals surface area (Å²) in [5.74, 6) is 0.133. The van der Waals surface area contributed by atoms with Gasteiger partial charge in [0.05, 0.1) is 6.20 Å². The van der Waals surface area contributed by atoms with Gasteiger partial charge in [0.2, 0.25) is 5.88 Å². The summed E-state index contributed by atoms with van der Waals surface area (Å²) in [6.45, 7) is 3.95. The molecule has 56 valence electrons. The molecule has 4 nitrogen and oxygen atoms in total. The molecule has 0 bridgehead atoms. The van der Waals surface area contributed by atoms with Gasteiger partial charge in [0.1, 0.15) is 0 Å². The number of nitrogens with one attached hydrogen (secondary N) is 1. The summed E-state index contributed by atoms with van der Waals surface area (Å²) in [4.78, 5) is 1.34. The third-order valence-corrected chi connectivity index (χ3v) is 1.00. The van der Waals surface area contributed by atoms with Gasteiger partial charge in [0, 0.05) is 12.1 Å². The Balaban J connectivity index is 2.65. The molecular formula is C6H11N3O. The lowest BCUT2D eigenvalue weighted by Crippen LogP contribution is -2.22. The summed E-state index contributed by atoms with van der Waals surface area (Å²) in [6, 6.07) is 1.79. The molecule has 0 saturated heterocycles. The highest BCUT2D eigenvalue weighted by Gasteiger charge is 1.98. The van der Waals surface area contributed by atoms with Crippen LogP contribution in [0.25, 0.3) is 0 Å². The number of hydrogen-bond donors (Lipinski definition) is 2. The van der Waals surface area contributed by atoms with Gasteiger partial charge in [-0.3, -0.25) is 0 Å². The summed E-state index contributed by atoms with van der Waals surface area (Å²) < 4.78 is 0. The molecule has 0 fully saturated rings. The molecule has 0 spiro atoms. The molecular weight excluding hydrogens is 130 g/mol. The quantitative estimate of drug-likeness (QED) is 0.632. The van der Waals surface area contributed by atoms with E-state index in [0.29, 0.717) is 0 Å². The largest absolute Gasteiger partial charge is 0.492 e.